The quantitative estimate of drug-likeness (QED) is 0.480. The highest BCUT2D eigenvalue weighted by atomic mass is 35.5. The van der Waals surface area contributed by atoms with Crippen molar-refractivity contribution in [2.75, 3.05) is 22.5 Å². The Morgan fingerprint density at radius 3 is 2.31 bits per heavy atom. The van der Waals surface area contributed by atoms with E-state index in [1.807, 2.05) is 65.6 Å². The third kappa shape index (κ3) is 5.21. The Morgan fingerprint density at radius 2 is 1.66 bits per heavy atom. The Morgan fingerprint density at radius 1 is 0.943 bits per heavy atom. The molecule has 6 nitrogen and oxygen atoms in total. The summed E-state index contributed by atoms with van der Waals surface area (Å²) < 4.78 is 0. The molecule has 3 amide bonds. The van der Waals surface area contributed by atoms with Gasteiger partial charge < -0.3 is 15.1 Å². The monoisotopic (exact) mass is 505 g/mol. The Hall–Kier alpha value is -3.29. The lowest BCUT2D eigenvalue weighted by Gasteiger charge is -2.24. The topological polar surface area (TPSA) is 69.7 Å². The molecule has 0 aliphatic carbocycles. The Labute approximate surface area is 213 Å². The van der Waals surface area contributed by atoms with E-state index in [1.165, 1.54) is 0 Å². The first-order valence-corrected chi connectivity index (χ1v) is 12.9. The molecule has 0 aromatic heterocycles. The first-order valence-electron chi connectivity index (χ1n) is 11.5. The summed E-state index contributed by atoms with van der Waals surface area (Å²) in [6.07, 6.45) is 1.46. The van der Waals surface area contributed by atoms with E-state index in [0.717, 1.165) is 29.8 Å². The zero-order chi connectivity index (χ0) is 24.4. The van der Waals surface area contributed by atoms with Crippen molar-refractivity contribution in [1.29, 1.82) is 0 Å². The summed E-state index contributed by atoms with van der Waals surface area (Å²) in [6.45, 7) is 1.24. The van der Waals surface area contributed by atoms with Crippen LogP contribution in [0.4, 0.5) is 11.4 Å². The van der Waals surface area contributed by atoms with Crippen LogP contribution in [0.3, 0.4) is 0 Å². The molecule has 3 aromatic carbocycles. The lowest BCUT2D eigenvalue weighted by molar-refractivity contribution is -0.128. The summed E-state index contributed by atoms with van der Waals surface area (Å²) in [6, 6.07) is 22.2. The van der Waals surface area contributed by atoms with Crippen molar-refractivity contribution in [3.05, 3.63) is 94.5 Å². The maximum Gasteiger partial charge on any atom is 0.255 e. The second-order valence-electron chi connectivity index (χ2n) is 8.58. The Bertz CT molecular complexity index is 1250. The van der Waals surface area contributed by atoms with E-state index in [4.69, 9.17) is 11.6 Å². The zero-order valence-electron chi connectivity index (χ0n) is 18.9. The minimum Gasteiger partial charge on any atom is -0.322 e. The Kier molecular flexibility index (Phi) is 6.79. The van der Waals surface area contributed by atoms with Crippen molar-refractivity contribution in [1.82, 2.24) is 4.90 Å². The van der Waals surface area contributed by atoms with Crippen molar-refractivity contribution in [2.24, 2.45) is 0 Å². The van der Waals surface area contributed by atoms with Crippen LogP contribution in [-0.2, 0) is 16.1 Å². The van der Waals surface area contributed by atoms with E-state index < -0.39 is 0 Å². The van der Waals surface area contributed by atoms with E-state index >= 15 is 0 Å². The van der Waals surface area contributed by atoms with Gasteiger partial charge >= 0.3 is 0 Å². The summed E-state index contributed by atoms with van der Waals surface area (Å²) in [4.78, 5) is 40.8. The highest BCUT2D eigenvalue weighted by Crippen LogP contribution is 2.39. The standard InChI is InChI=1S/C27H24ClN3O3S/c28-21-9-3-18(4-10-21)16-31-25(33)17-35-27(31)20-7-5-19(6-8-20)26(34)29-22-11-13-23(14-12-22)30-15-1-2-24(30)32/h3-14,27H,1-2,15-17H2,(H,29,34)/t27-/m0/s1. The molecular weight excluding hydrogens is 482 g/mol. The lowest BCUT2D eigenvalue weighted by Crippen LogP contribution is -2.27. The number of hydrogen-bond acceptors (Lipinski definition) is 4. The molecule has 2 aliphatic heterocycles. The van der Waals surface area contributed by atoms with Crippen LogP contribution in [0.5, 0.6) is 0 Å². The van der Waals surface area contributed by atoms with Gasteiger partial charge in [0.15, 0.2) is 0 Å². The lowest BCUT2D eigenvalue weighted by atomic mass is 10.1. The zero-order valence-corrected chi connectivity index (χ0v) is 20.5. The first kappa shape index (κ1) is 23.5. The van der Waals surface area contributed by atoms with E-state index in [-0.39, 0.29) is 23.1 Å². The molecule has 1 N–H and O–H groups in total. The van der Waals surface area contributed by atoms with Crippen molar-refractivity contribution in [2.45, 2.75) is 24.8 Å². The van der Waals surface area contributed by atoms with Crippen LogP contribution in [-0.4, -0.2) is 34.9 Å². The molecule has 0 unspecified atom stereocenters. The largest absolute Gasteiger partial charge is 0.322 e. The predicted molar refractivity (Wildman–Crippen MR) is 140 cm³/mol. The molecule has 2 saturated heterocycles. The van der Waals surface area contributed by atoms with Gasteiger partial charge in [0, 0.05) is 41.5 Å². The van der Waals surface area contributed by atoms with Gasteiger partial charge in [-0.3, -0.25) is 14.4 Å². The van der Waals surface area contributed by atoms with Gasteiger partial charge in [-0.05, 0) is 66.1 Å². The van der Waals surface area contributed by atoms with Crippen molar-refractivity contribution in [3.63, 3.8) is 0 Å². The van der Waals surface area contributed by atoms with Crippen molar-refractivity contribution >= 4 is 52.5 Å². The van der Waals surface area contributed by atoms with Gasteiger partial charge in [-0.25, -0.2) is 0 Å². The van der Waals surface area contributed by atoms with Gasteiger partial charge in [-0.1, -0.05) is 35.9 Å². The number of nitrogens with one attached hydrogen (secondary N) is 1. The molecule has 0 spiro atoms. The molecule has 2 aliphatic rings. The molecule has 0 saturated carbocycles. The van der Waals surface area contributed by atoms with Crippen LogP contribution in [0.2, 0.25) is 5.02 Å². The van der Waals surface area contributed by atoms with Gasteiger partial charge in [0.2, 0.25) is 11.8 Å². The fourth-order valence-electron chi connectivity index (χ4n) is 4.34. The van der Waals surface area contributed by atoms with Crippen LogP contribution in [0.15, 0.2) is 72.8 Å². The highest BCUT2D eigenvalue weighted by Gasteiger charge is 2.32. The number of rotatable bonds is 6. The number of hydrogen-bond donors (Lipinski definition) is 1. The fraction of sp³-hybridized carbons (Fsp3) is 0.222. The Balaban J connectivity index is 1.24. The fourth-order valence-corrected chi connectivity index (χ4v) is 5.65. The van der Waals surface area contributed by atoms with Gasteiger partial charge in [0.1, 0.15) is 5.37 Å². The van der Waals surface area contributed by atoms with E-state index in [2.05, 4.69) is 5.32 Å². The third-order valence-corrected chi connectivity index (χ3v) is 7.71. The second-order valence-corrected chi connectivity index (χ2v) is 10.1. The van der Waals surface area contributed by atoms with Gasteiger partial charge in [0.25, 0.3) is 5.91 Å². The molecular formula is C27H24ClN3O3S. The molecule has 8 heteroatoms. The average Bonchev–Trinajstić information content (AvgIpc) is 3.46. The van der Waals surface area contributed by atoms with Crippen molar-refractivity contribution in [3.8, 4) is 0 Å². The number of carbonyl (C=O) groups excluding carboxylic acids is 3. The summed E-state index contributed by atoms with van der Waals surface area (Å²) in [5.74, 6) is 0.445. The summed E-state index contributed by atoms with van der Waals surface area (Å²) in [5.41, 5.74) is 4.05. The SMILES string of the molecule is O=C(Nc1ccc(N2CCCC2=O)cc1)c1ccc([C@@H]2SCC(=O)N2Cc2ccc(Cl)cc2)cc1. The molecule has 3 aromatic rings. The molecule has 0 bridgehead atoms. The first-order chi connectivity index (χ1) is 17.0. The number of thioether (sulfide) groups is 1. The van der Waals surface area contributed by atoms with Crippen LogP contribution in [0.1, 0.15) is 39.7 Å². The highest BCUT2D eigenvalue weighted by molar-refractivity contribution is 8.00. The molecule has 2 heterocycles. The number of halogens is 1. The van der Waals surface area contributed by atoms with Crippen LogP contribution < -0.4 is 10.2 Å². The van der Waals surface area contributed by atoms with E-state index in [0.29, 0.717) is 35.0 Å². The molecule has 35 heavy (non-hydrogen) atoms. The maximum absolute atomic E-state index is 12.8. The smallest absolute Gasteiger partial charge is 0.255 e. The number of benzene rings is 3. The van der Waals surface area contributed by atoms with Crippen molar-refractivity contribution < 1.29 is 14.4 Å². The maximum atomic E-state index is 12.8. The minimum absolute atomic E-state index is 0.0934. The second kappa shape index (κ2) is 10.1. The van der Waals surface area contributed by atoms with E-state index in [9.17, 15) is 14.4 Å². The molecule has 1 atom stereocenters. The van der Waals surface area contributed by atoms with Gasteiger partial charge in [-0.15, -0.1) is 11.8 Å². The van der Waals surface area contributed by atoms with Gasteiger partial charge in [0.05, 0.1) is 5.75 Å². The molecule has 178 valence electrons. The number of anilines is 2. The number of nitrogens with zero attached hydrogens (tertiary/aromatic N) is 2. The number of amides is 3. The predicted octanol–water partition coefficient (Wildman–Crippen LogP) is 5.49. The normalized spacial score (nSPS) is 17.8. The van der Waals surface area contributed by atoms with Crippen LogP contribution in [0, 0.1) is 0 Å². The molecule has 0 radical (unpaired) electrons. The number of carbonyl (C=O) groups is 3. The minimum atomic E-state index is -0.213. The molecule has 5 rings (SSSR count). The van der Waals surface area contributed by atoms with Crippen LogP contribution >= 0.6 is 23.4 Å². The third-order valence-electron chi connectivity index (χ3n) is 6.20. The van der Waals surface area contributed by atoms with Gasteiger partial charge in [-0.2, -0.15) is 0 Å². The summed E-state index contributed by atoms with van der Waals surface area (Å²) in [5, 5.41) is 3.47. The van der Waals surface area contributed by atoms with Crippen LogP contribution in [0.25, 0.3) is 0 Å². The summed E-state index contributed by atoms with van der Waals surface area (Å²) in [7, 11) is 0. The molecule has 2 fully saturated rings. The van der Waals surface area contributed by atoms with E-state index in [1.54, 1.807) is 28.8 Å². The average molecular weight is 506 g/mol. The summed E-state index contributed by atoms with van der Waals surface area (Å²) >= 11 is 7.57.